The summed E-state index contributed by atoms with van der Waals surface area (Å²) in [7, 11) is 1.96. The van der Waals surface area contributed by atoms with Crippen molar-refractivity contribution < 1.29 is 4.79 Å². The molecular formula is C15H30N2O. The maximum atomic E-state index is 12.8. The number of piperidine rings is 1. The van der Waals surface area contributed by atoms with Crippen LogP contribution in [-0.4, -0.2) is 37.0 Å². The van der Waals surface area contributed by atoms with Gasteiger partial charge in [0.2, 0.25) is 5.91 Å². The van der Waals surface area contributed by atoms with E-state index in [2.05, 4.69) is 39.9 Å². The van der Waals surface area contributed by atoms with Crippen LogP contribution in [0.25, 0.3) is 0 Å². The summed E-state index contributed by atoms with van der Waals surface area (Å²) < 4.78 is 0. The summed E-state index contributed by atoms with van der Waals surface area (Å²) in [5.41, 5.74) is -0.0477. The van der Waals surface area contributed by atoms with Gasteiger partial charge in [-0.25, -0.2) is 0 Å². The van der Waals surface area contributed by atoms with Gasteiger partial charge in [0.05, 0.1) is 5.41 Å². The highest BCUT2D eigenvalue weighted by molar-refractivity contribution is 5.83. The smallest absolute Gasteiger partial charge is 0.230 e. The molecule has 1 amide bonds. The third kappa shape index (κ3) is 3.05. The van der Waals surface area contributed by atoms with Gasteiger partial charge in [0.25, 0.3) is 0 Å². The van der Waals surface area contributed by atoms with Gasteiger partial charge in [-0.15, -0.1) is 0 Å². The van der Waals surface area contributed by atoms with E-state index in [1.807, 2.05) is 11.9 Å². The fourth-order valence-corrected chi connectivity index (χ4v) is 2.73. The third-order valence-electron chi connectivity index (χ3n) is 4.76. The van der Waals surface area contributed by atoms with E-state index < -0.39 is 0 Å². The summed E-state index contributed by atoms with van der Waals surface area (Å²) in [5.74, 6) is 0.319. The Morgan fingerprint density at radius 3 is 2.44 bits per heavy atom. The van der Waals surface area contributed by atoms with Crippen molar-refractivity contribution in [1.29, 1.82) is 0 Å². The van der Waals surface area contributed by atoms with Crippen LogP contribution < -0.4 is 5.32 Å². The molecule has 0 spiro atoms. The highest BCUT2D eigenvalue weighted by Gasteiger charge is 2.42. The molecule has 0 radical (unpaired) electrons. The van der Waals surface area contributed by atoms with Gasteiger partial charge in [-0.3, -0.25) is 4.79 Å². The van der Waals surface area contributed by atoms with Crippen molar-refractivity contribution in [2.75, 3.05) is 20.1 Å². The largest absolute Gasteiger partial charge is 0.342 e. The average molecular weight is 254 g/mol. The Morgan fingerprint density at radius 2 is 2.06 bits per heavy atom. The lowest BCUT2D eigenvalue weighted by Crippen LogP contribution is -2.54. The van der Waals surface area contributed by atoms with Crippen LogP contribution in [-0.2, 0) is 4.79 Å². The third-order valence-corrected chi connectivity index (χ3v) is 4.76. The SMILES string of the molecule is CCC1(C(=O)N(C)C(C)C(C)(C)C)CCCNC1. The van der Waals surface area contributed by atoms with E-state index in [-0.39, 0.29) is 16.9 Å². The first kappa shape index (κ1) is 15.5. The van der Waals surface area contributed by atoms with E-state index in [4.69, 9.17) is 0 Å². The molecule has 0 aromatic rings. The monoisotopic (exact) mass is 254 g/mol. The minimum absolute atomic E-state index is 0.126. The molecule has 0 bridgehead atoms. The molecule has 2 atom stereocenters. The van der Waals surface area contributed by atoms with E-state index in [1.165, 1.54) is 0 Å². The molecule has 3 nitrogen and oxygen atoms in total. The number of hydrogen-bond donors (Lipinski definition) is 1. The summed E-state index contributed by atoms with van der Waals surface area (Å²) in [6, 6.07) is 0.260. The lowest BCUT2D eigenvalue weighted by atomic mass is 9.76. The maximum Gasteiger partial charge on any atom is 0.230 e. The Kier molecular flexibility index (Phi) is 4.82. The van der Waals surface area contributed by atoms with E-state index in [9.17, 15) is 4.79 Å². The Bertz CT molecular complexity index is 287. The lowest BCUT2D eigenvalue weighted by Gasteiger charge is -2.43. The summed E-state index contributed by atoms with van der Waals surface area (Å²) >= 11 is 0. The lowest BCUT2D eigenvalue weighted by molar-refractivity contribution is -0.146. The van der Waals surface area contributed by atoms with Crippen molar-refractivity contribution in [3.63, 3.8) is 0 Å². The highest BCUT2D eigenvalue weighted by atomic mass is 16.2. The normalized spacial score (nSPS) is 26.8. The summed E-state index contributed by atoms with van der Waals surface area (Å²) in [6.07, 6.45) is 3.06. The topological polar surface area (TPSA) is 32.3 Å². The fraction of sp³-hybridized carbons (Fsp3) is 0.933. The number of nitrogens with zero attached hydrogens (tertiary/aromatic N) is 1. The number of nitrogens with one attached hydrogen (secondary N) is 1. The predicted molar refractivity (Wildman–Crippen MR) is 76.5 cm³/mol. The molecule has 1 aliphatic rings. The fourth-order valence-electron chi connectivity index (χ4n) is 2.73. The van der Waals surface area contributed by atoms with Crippen LogP contribution in [0.15, 0.2) is 0 Å². The number of hydrogen-bond acceptors (Lipinski definition) is 2. The van der Waals surface area contributed by atoms with Gasteiger partial charge in [0.1, 0.15) is 0 Å². The zero-order valence-electron chi connectivity index (χ0n) is 13.0. The predicted octanol–water partition coefficient (Wildman–Crippen LogP) is 2.66. The van der Waals surface area contributed by atoms with E-state index >= 15 is 0 Å². The van der Waals surface area contributed by atoms with Crippen molar-refractivity contribution >= 4 is 5.91 Å². The van der Waals surface area contributed by atoms with Crippen LogP contribution in [0.3, 0.4) is 0 Å². The van der Waals surface area contributed by atoms with Crippen LogP contribution in [0.2, 0.25) is 0 Å². The Balaban J connectivity index is 2.84. The molecule has 1 heterocycles. The van der Waals surface area contributed by atoms with Crippen molar-refractivity contribution in [2.45, 2.75) is 59.9 Å². The minimum atomic E-state index is -0.174. The van der Waals surface area contributed by atoms with Gasteiger partial charge in [0.15, 0.2) is 0 Å². The molecule has 0 aromatic carbocycles. The van der Waals surface area contributed by atoms with Crippen LogP contribution in [0.4, 0.5) is 0 Å². The average Bonchev–Trinajstić information content (AvgIpc) is 2.35. The molecule has 3 heteroatoms. The van der Waals surface area contributed by atoms with Crippen molar-refractivity contribution in [3.05, 3.63) is 0 Å². The molecule has 1 N–H and O–H groups in total. The molecule has 0 aromatic heterocycles. The Hall–Kier alpha value is -0.570. The van der Waals surface area contributed by atoms with Crippen LogP contribution >= 0.6 is 0 Å². The number of carbonyl (C=O) groups is 1. The van der Waals surface area contributed by atoms with Gasteiger partial charge in [-0.1, -0.05) is 27.7 Å². The molecule has 0 saturated carbocycles. The van der Waals surface area contributed by atoms with E-state index in [1.54, 1.807) is 0 Å². The van der Waals surface area contributed by atoms with Crippen molar-refractivity contribution in [3.8, 4) is 0 Å². The first-order valence-corrected chi connectivity index (χ1v) is 7.22. The Labute approximate surface area is 112 Å². The zero-order valence-corrected chi connectivity index (χ0v) is 13.0. The second kappa shape index (κ2) is 5.60. The molecule has 2 unspecified atom stereocenters. The molecule has 106 valence electrons. The van der Waals surface area contributed by atoms with Crippen LogP contribution in [0.1, 0.15) is 53.9 Å². The molecule has 1 aliphatic heterocycles. The summed E-state index contributed by atoms with van der Waals surface area (Å²) in [5, 5.41) is 3.39. The molecular weight excluding hydrogens is 224 g/mol. The van der Waals surface area contributed by atoms with E-state index in [0.717, 1.165) is 32.4 Å². The highest BCUT2D eigenvalue weighted by Crippen LogP contribution is 2.34. The number of rotatable bonds is 3. The maximum absolute atomic E-state index is 12.8. The van der Waals surface area contributed by atoms with Crippen molar-refractivity contribution in [1.82, 2.24) is 10.2 Å². The van der Waals surface area contributed by atoms with Gasteiger partial charge in [-0.05, 0) is 38.1 Å². The number of amides is 1. The van der Waals surface area contributed by atoms with Gasteiger partial charge >= 0.3 is 0 Å². The minimum Gasteiger partial charge on any atom is -0.342 e. The number of carbonyl (C=O) groups excluding carboxylic acids is 1. The molecule has 1 rings (SSSR count). The summed E-state index contributed by atoms with van der Waals surface area (Å²) in [4.78, 5) is 14.8. The molecule has 1 fully saturated rings. The zero-order chi connectivity index (χ0) is 14.0. The first-order valence-electron chi connectivity index (χ1n) is 7.22. The second-order valence-electron chi connectivity index (χ2n) is 6.87. The second-order valence-corrected chi connectivity index (χ2v) is 6.87. The quantitative estimate of drug-likeness (QED) is 0.840. The van der Waals surface area contributed by atoms with E-state index in [0.29, 0.717) is 5.91 Å². The summed E-state index contributed by atoms with van der Waals surface area (Å²) in [6.45, 7) is 12.8. The standard InChI is InChI=1S/C15H30N2O/c1-7-15(9-8-10-16-11-15)13(18)17(6)12(2)14(3,4)5/h12,16H,7-11H2,1-6H3. The van der Waals surface area contributed by atoms with Gasteiger partial charge in [-0.2, -0.15) is 0 Å². The van der Waals surface area contributed by atoms with Crippen LogP contribution in [0, 0.1) is 10.8 Å². The molecule has 18 heavy (non-hydrogen) atoms. The first-order chi connectivity index (χ1) is 8.24. The van der Waals surface area contributed by atoms with Crippen molar-refractivity contribution in [2.24, 2.45) is 10.8 Å². The molecule has 1 saturated heterocycles. The molecule has 0 aliphatic carbocycles. The van der Waals surface area contributed by atoms with Gasteiger partial charge in [0, 0.05) is 19.6 Å². The van der Waals surface area contributed by atoms with Crippen LogP contribution in [0.5, 0.6) is 0 Å². The Morgan fingerprint density at radius 1 is 1.44 bits per heavy atom. The van der Waals surface area contributed by atoms with Gasteiger partial charge < -0.3 is 10.2 Å².